The number of aliphatic hydroxyl groups is 9. The van der Waals surface area contributed by atoms with Gasteiger partial charge < -0.3 is 55.4 Å². The summed E-state index contributed by atoms with van der Waals surface area (Å²) in [5.74, 6) is -1.49. The van der Waals surface area contributed by atoms with E-state index < -0.39 is 95.1 Å². The molecule has 4 aliphatic carbocycles. The summed E-state index contributed by atoms with van der Waals surface area (Å²) in [6.45, 7) is 8.15. The van der Waals surface area contributed by atoms with Gasteiger partial charge in [-0.15, -0.1) is 0 Å². The smallest absolute Gasteiger partial charge is 0.187 e. The van der Waals surface area contributed by atoms with E-state index in [0.29, 0.717) is 31.3 Å². The quantitative estimate of drug-likeness (QED) is 0.166. The molecule has 45 heavy (non-hydrogen) atoms. The van der Waals surface area contributed by atoms with Crippen LogP contribution in [-0.2, 0) is 14.3 Å². The van der Waals surface area contributed by atoms with Crippen molar-refractivity contribution >= 4 is 5.78 Å². The first-order valence-electron chi connectivity index (χ1n) is 16.5. The molecule has 1 saturated heterocycles. The maximum absolute atomic E-state index is 13.7. The van der Waals surface area contributed by atoms with E-state index in [4.69, 9.17) is 9.47 Å². The van der Waals surface area contributed by atoms with Crippen LogP contribution in [0.15, 0.2) is 11.6 Å². The first-order valence-corrected chi connectivity index (χ1v) is 16.5. The molecule has 0 aromatic heterocycles. The fourth-order valence-corrected chi connectivity index (χ4v) is 9.79. The van der Waals surface area contributed by atoms with Crippen LogP contribution in [-0.4, -0.2) is 124 Å². The van der Waals surface area contributed by atoms with Crippen LogP contribution in [0.2, 0.25) is 0 Å². The summed E-state index contributed by atoms with van der Waals surface area (Å²) in [6.07, 6.45) is -6.46. The fourth-order valence-electron chi connectivity index (χ4n) is 9.79. The Bertz CT molecular complexity index is 1150. The monoisotopic (exact) mass is 642 g/mol. The zero-order valence-electron chi connectivity index (χ0n) is 27.0. The van der Waals surface area contributed by atoms with Crippen molar-refractivity contribution in [2.75, 3.05) is 6.61 Å². The first kappa shape index (κ1) is 35.3. The van der Waals surface area contributed by atoms with Gasteiger partial charge in [0.2, 0.25) is 0 Å². The number of fused-ring (bicyclic) bond motifs is 5. The third-order valence-electron chi connectivity index (χ3n) is 12.7. The molecule has 0 unspecified atom stereocenters. The van der Waals surface area contributed by atoms with Gasteiger partial charge in [0.1, 0.15) is 24.4 Å². The normalized spacial score (nSPS) is 48.9. The zero-order valence-corrected chi connectivity index (χ0v) is 27.0. The third kappa shape index (κ3) is 5.65. The van der Waals surface area contributed by atoms with Gasteiger partial charge in [0.25, 0.3) is 0 Å². The molecule has 12 nitrogen and oxygen atoms in total. The minimum Gasteiger partial charge on any atom is -0.394 e. The van der Waals surface area contributed by atoms with E-state index in [1.807, 2.05) is 13.8 Å². The topological polar surface area (TPSA) is 218 Å². The summed E-state index contributed by atoms with van der Waals surface area (Å²) in [5.41, 5.74) is -4.98. The van der Waals surface area contributed by atoms with Crippen molar-refractivity contribution in [3.8, 4) is 0 Å². The molecule has 4 fully saturated rings. The molecule has 3 saturated carbocycles. The molecule has 0 amide bonds. The van der Waals surface area contributed by atoms with Crippen molar-refractivity contribution in [1.29, 1.82) is 0 Å². The molecule has 1 aliphatic heterocycles. The Labute approximate surface area is 264 Å². The number of carbonyl (C=O) groups excluding carboxylic acids is 1. The molecule has 12 heteroatoms. The number of allylic oxidation sites excluding steroid dienone is 1. The van der Waals surface area contributed by atoms with Crippen LogP contribution in [0.3, 0.4) is 0 Å². The van der Waals surface area contributed by atoms with Gasteiger partial charge in [-0.1, -0.05) is 13.8 Å². The van der Waals surface area contributed by atoms with Crippen molar-refractivity contribution < 1.29 is 60.2 Å². The predicted octanol–water partition coefficient (Wildman–Crippen LogP) is -0.322. The molecule has 5 rings (SSSR count). The molecular weight excluding hydrogens is 588 g/mol. The Morgan fingerprint density at radius 1 is 1.02 bits per heavy atom. The van der Waals surface area contributed by atoms with Crippen LogP contribution in [0.1, 0.15) is 86.0 Å². The largest absolute Gasteiger partial charge is 0.394 e. The van der Waals surface area contributed by atoms with Gasteiger partial charge in [0.05, 0.1) is 41.7 Å². The van der Waals surface area contributed by atoms with E-state index in [-0.39, 0.29) is 37.4 Å². The second kappa shape index (κ2) is 11.8. The van der Waals surface area contributed by atoms with Gasteiger partial charge >= 0.3 is 0 Å². The second-order valence-electron chi connectivity index (χ2n) is 16.0. The highest BCUT2D eigenvalue weighted by atomic mass is 16.7. The summed E-state index contributed by atoms with van der Waals surface area (Å²) >= 11 is 0. The third-order valence-corrected chi connectivity index (χ3v) is 12.7. The van der Waals surface area contributed by atoms with Crippen LogP contribution in [0.5, 0.6) is 0 Å². The molecule has 0 spiro atoms. The van der Waals surface area contributed by atoms with Gasteiger partial charge in [-0.05, 0) is 101 Å². The SMILES string of the molecule is CC(C)(O)CC[C@@H](O)[C@](C)(O)[C@H]1CC[C@@]2(O)C3=CC(=O)[C@@H]4C[C@@H](O)[C@@H](O[C@@H]5O[C@H](CO)[C@@H](O)[C@H](O)[C@H]5O)C[C@]4(C)[C@H]3CC[C@]12C. The molecule has 15 atom stereocenters. The van der Waals surface area contributed by atoms with Crippen molar-refractivity contribution in [3.05, 3.63) is 11.6 Å². The van der Waals surface area contributed by atoms with Crippen LogP contribution >= 0.6 is 0 Å². The van der Waals surface area contributed by atoms with Crippen molar-refractivity contribution in [1.82, 2.24) is 0 Å². The average Bonchev–Trinajstić information content (AvgIpc) is 3.24. The predicted molar refractivity (Wildman–Crippen MR) is 159 cm³/mol. The number of ether oxygens (including phenoxy) is 2. The standard InChI is InChI=1S/C33H54O12/c1-29(2,41)9-8-24(37)32(5,42)23-7-11-33(43)17-12-19(35)18-13-20(36)21(14-30(18,3)16(17)6-10-31(23,33)4)44-28-27(40)26(39)25(38)22(15-34)45-28/h12,16,18,20-28,34,36-43H,6-11,13-15H2,1-5H3/t16-,18-,20+,21-,22+,23-,24+,25+,26-,27+,28+,30+,31+,32+,33+/m0/s1. The fraction of sp³-hybridized carbons (Fsp3) is 0.909. The molecule has 0 aromatic carbocycles. The maximum atomic E-state index is 13.7. The first-order chi connectivity index (χ1) is 20.7. The van der Waals surface area contributed by atoms with E-state index >= 15 is 0 Å². The second-order valence-corrected chi connectivity index (χ2v) is 16.0. The summed E-state index contributed by atoms with van der Waals surface area (Å²) in [6, 6.07) is 0. The lowest BCUT2D eigenvalue weighted by molar-refractivity contribution is -0.323. The van der Waals surface area contributed by atoms with Gasteiger partial charge in [0, 0.05) is 11.3 Å². The van der Waals surface area contributed by atoms with Gasteiger partial charge in [-0.25, -0.2) is 0 Å². The number of hydrogen-bond acceptors (Lipinski definition) is 12. The lowest BCUT2D eigenvalue weighted by Gasteiger charge is -2.61. The highest BCUT2D eigenvalue weighted by molar-refractivity contribution is 5.95. The molecule has 0 radical (unpaired) electrons. The van der Waals surface area contributed by atoms with Gasteiger partial charge in [0.15, 0.2) is 12.1 Å². The molecule has 5 aliphatic rings. The van der Waals surface area contributed by atoms with Crippen LogP contribution < -0.4 is 0 Å². The minimum atomic E-state index is -1.64. The highest BCUT2D eigenvalue weighted by Gasteiger charge is 2.69. The Morgan fingerprint density at radius 2 is 1.69 bits per heavy atom. The number of rotatable bonds is 8. The average molecular weight is 643 g/mol. The van der Waals surface area contributed by atoms with E-state index in [1.165, 1.54) is 0 Å². The van der Waals surface area contributed by atoms with E-state index in [9.17, 15) is 50.8 Å². The molecular formula is C33H54O12. The summed E-state index contributed by atoms with van der Waals surface area (Å²) in [4.78, 5) is 13.7. The highest BCUT2D eigenvalue weighted by Crippen LogP contribution is 2.68. The summed E-state index contributed by atoms with van der Waals surface area (Å²) in [5, 5.41) is 97.2. The summed E-state index contributed by atoms with van der Waals surface area (Å²) < 4.78 is 11.6. The van der Waals surface area contributed by atoms with E-state index in [2.05, 4.69) is 0 Å². The lowest BCUT2D eigenvalue weighted by Crippen LogP contribution is -2.64. The molecule has 9 N–H and O–H groups in total. The van der Waals surface area contributed by atoms with E-state index in [0.717, 1.165) is 0 Å². The van der Waals surface area contributed by atoms with Crippen molar-refractivity contribution in [3.63, 3.8) is 0 Å². The van der Waals surface area contributed by atoms with Gasteiger partial charge in [-0.3, -0.25) is 4.79 Å². The number of aliphatic hydroxyl groups excluding tert-OH is 6. The molecule has 1 heterocycles. The zero-order chi connectivity index (χ0) is 33.5. The minimum absolute atomic E-state index is 0.0815. The van der Waals surface area contributed by atoms with Gasteiger partial charge in [-0.2, -0.15) is 0 Å². The Balaban J connectivity index is 1.40. The Morgan fingerprint density at radius 3 is 2.31 bits per heavy atom. The van der Waals surface area contributed by atoms with E-state index in [1.54, 1.807) is 26.8 Å². The van der Waals surface area contributed by atoms with Crippen LogP contribution in [0.4, 0.5) is 0 Å². The molecule has 0 bridgehead atoms. The molecule has 258 valence electrons. The summed E-state index contributed by atoms with van der Waals surface area (Å²) in [7, 11) is 0. The number of ketones is 1. The Kier molecular flexibility index (Phi) is 9.28. The Hall–Kier alpha value is -1.03. The maximum Gasteiger partial charge on any atom is 0.187 e. The van der Waals surface area contributed by atoms with Crippen molar-refractivity contribution in [2.24, 2.45) is 28.6 Å². The van der Waals surface area contributed by atoms with Crippen molar-refractivity contribution in [2.45, 2.75) is 152 Å². The molecule has 0 aromatic rings. The lowest BCUT2D eigenvalue weighted by atomic mass is 9.45. The number of hydrogen-bond donors (Lipinski definition) is 9. The number of carbonyl (C=O) groups is 1. The van der Waals surface area contributed by atoms with Crippen LogP contribution in [0.25, 0.3) is 0 Å². The van der Waals surface area contributed by atoms with Crippen LogP contribution in [0, 0.1) is 28.6 Å².